The molecule has 1 aromatic carbocycles. The summed E-state index contributed by atoms with van der Waals surface area (Å²) >= 11 is 0. The van der Waals surface area contributed by atoms with E-state index >= 15 is 0 Å². The third-order valence-electron chi connectivity index (χ3n) is 2.84. The van der Waals surface area contributed by atoms with Crippen LogP contribution in [0.25, 0.3) is 0 Å². The van der Waals surface area contributed by atoms with Crippen molar-refractivity contribution in [3.05, 3.63) is 47.8 Å². The van der Waals surface area contributed by atoms with Crippen molar-refractivity contribution in [3.63, 3.8) is 0 Å². The molecule has 2 rings (SSSR count). The second kappa shape index (κ2) is 6.77. The Kier molecular flexibility index (Phi) is 4.79. The van der Waals surface area contributed by atoms with Crippen molar-refractivity contribution >= 4 is 11.6 Å². The Hall–Kier alpha value is -2.27. The van der Waals surface area contributed by atoms with Crippen LogP contribution in [0.5, 0.6) is 5.75 Å². The van der Waals surface area contributed by atoms with E-state index in [1.165, 1.54) is 0 Å². The Bertz CT molecular complexity index is 565. The molecule has 0 atom stereocenters. The number of aromatic amines is 1. The van der Waals surface area contributed by atoms with Crippen LogP contribution in [0.15, 0.2) is 36.5 Å². The number of rotatable bonds is 6. The number of ether oxygens (including phenoxy) is 1. The quantitative estimate of drug-likeness (QED) is 0.707. The van der Waals surface area contributed by atoms with Crippen LogP contribution in [0, 0.1) is 6.92 Å². The summed E-state index contributed by atoms with van der Waals surface area (Å²) in [5, 5.41) is 5.88. The monoisotopic (exact) mass is 273 g/mol. The molecule has 0 radical (unpaired) electrons. The van der Waals surface area contributed by atoms with Crippen LogP contribution in [0.3, 0.4) is 0 Å². The van der Waals surface area contributed by atoms with Gasteiger partial charge in [-0.1, -0.05) is 6.07 Å². The Morgan fingerprint density at radius 3 is 2.90 bits per heavy atom. The van der Waals surface area contributed by atoms with Gasteiger partial charge in [-0.3, -0.25) is 4.79 Å². The number of likely N-dealkylation sites (N-methyl/N-ethyl adjacent to an activating group) is 1. The summed E-state index contributed by atoms with van der Waals surface area (Å²) in [5.74, 6) is 0.491. The lowest BCUT2D eigenvalue weighted by Crippen LogP contribution is -2.17. The van der Waals surface area contributed by atoms with Crippen molar-refractivity contribution in [2.75, 3.05) is 25.5 Å². The maximum atomic E-state index is 12.1. The van der Waals surface area contributed by atoms with Gasteiger partial charge in [0.05, 0.1) is 5.69 Å². The molecule has 0 saturated heterocycles. The van der Waals surface area contributed by atoms with Crippen LogP contribution in [-0.2, 0) is 0 Å². The second-order valence-corrected chi connectivity index (χ2v) is 4.49. The van der Waals surface area contributed by atoms with Crippen molar-refractivity contribution in [1.29, 1.82) is 0 Å². The van der Waals surface area contributed by atoms with Crippen molar-refractivity contribution in [2.24, 2.45) is 0 Å². The number of amides is 1. The third kappa shape index (κ3) is 3.61. The lowest BCUT2D eigenvalue weighted by atomic mass is 10.2. The number of hydrogen-bond acceptors (Lipinski definition) is 3. The van der Waals surface area contributed by atoms with E-state index in [-0.39, 0.29) is 5.91 Å². The van der Waals surface area contributed by atoms with E-state index in [0.717, 1.165) is 12.1 Å². The fourth-order valence-corrected chi connectivity index (χ4v) is 1.79. The summed E-state index contributed by atoms with van der Waals surface area (Å²) in [6.45, 7) is 3.27. The van der Waals surface area contributed by atoms with Gasteiger partial charge in [0.25, 0.3) is 5.91 Å². The molecular weight excluding hydrogens is 254 g/mol. The van der Waals surface area contributed by atoms with Crippen molar-refractivity contribution in [3.8, 4) is 5.75 Å². The van der Waals surface area contributed by atoms with Crippen LogP contribution < -0.4 is 15.4 Å². The van der Waals surface area contributed by atoms with Crippen molar-refractivity contribution < 1.29 is 9.53 Å². The molecule has 0 fully saturated rings. The summed E-state index contributed by atoms with van der Waals surface area (Å²) in [4.78, 5) is 14.9. The molecule has 0 aliphatic rings. The molecule has 0 aliphatic heterocycles. The smallest absolute Gasteiger partial charge is 0.272 e. The number of nitrogens with one attached hydrogen (secondary N) is 3. The summed E-state index contributed by atoms with van der Waals surface area (Å²) < 4.78 is 5.66. The molecule has 106 valence electrons. The van der Waals surface area contributed by atoms with Gasteiger partial charge in [0, 0.05) is 12.7 Å². The highest BCUT2D eigenvalue weighted by molar-refractivity contribution is 6.03. The highest BCUT2D eigenvalue weighted by atomic mass is 16.5. The minimum atomic E-state index is -0.181. The van der Waals surface area contributed by atoms with E-state index in [1.807, 2.05) is 32.2 Å². The van der Waals surface area contributed by atoms with Gasteiger partial charge >= 0.3 is 0 Å². The first-order chi connectivity index (χ1) is 9.70. The summed E-state index contributed by atoms with van der Waals surface area (Å²) in [5.41, 5.74) is 2.26. The Morgan fingerprint density at radius 2 is 2.20 bits per heavy atom. The van der Waals surface area contributed by atoms with Gasteiger partial charge in [0.1, 0.15) is 18.1 Å². The average Bonchev–Trinajstić information content (AvgIpc) is 2.95. The molecule has 2 aromatic rings. The molecule has 1 aromatic heterocycles. The first-order valence-corrected chi connectivity index (χ1v) is 6.53. The molecule has 0 bridgehead atoms. The lowest BCUT2D eigenvalue weighted by molar-refractivity contribution is 0.102. The van der Waals surface area contributed by atoms with Gasteiger partial charge in [-0.15, -0.1) is 0 Å². The zero-order valence-electron chi connectivity index (χ0n) is 11.7. The normalized spacial score (nSPS) is 10.3. The zero-order valence-corrected chi connectivity index (χ0v) is 11.7. The fraction of sp³-hybridized carbons (Fsp3) is 0.267. The maximum Gasteiger partial charge on any atom is 0.272 e. The molecule has 0 aliphatic carbocycles. The molecule has 3 N–H and O–H groups in total. The van der Waals surface area contributed by atoms with Crippen LogP contribution in [0.1, 0.15) is 16.1 Å². The molecule has 5 nitrogen and oxygen atoms in total. The minimum absolute atomic E-state index is 0.181. The van der Waals surface area contributed by atoms with E-state index in [2.05, 4.69) is 15.6 Å². The Labute approximate surface area is 118 Å². The molecule has 0 saturated carbocycles. The van der Waals surface area contributed by atoms with Gasteiger partial charge in [-0.25, -0.2) is 0 Å². The van der Waals surface area contributed by atoms with E-state index < -0.39 is 0 Å². The topological polar surface area (TPSA) is 66.2 Å². The van der Waals surface area contributed by atoms with Crippen LogP contribution in [0.4, 0.5) is 5.69 Å². The second-order valence-electron chi connectivity index (χ2n) is 4.49. The number of aromatic nitrogens is 1. The third-order valence-corrected chi connectivity index (χ3v) is 2.84. The summed E-state index contributed by atoms with van der Waals surface area (Å²) in [6.07, 6.45) is 1.72. The van der Waals surface area contributed by atoms with Crippen LogP contribution in [0.2, 0.25) is 0 Å². The van der Waals surface area contributed by atoms with E-state index in [9.17, 15) is 4.79 Å². The predicted molar refractivity (Wildman–Crippen MR) is 79.3 cm³/mol. The van der Waals surface area contributed by atoms with E-state index in [4.69, 9.17) is 4.74 Å². The molecular formula is C15H19N3O2. The number of aryl methyl sites for hydroxylation is 1. The first-order valence-electron chi connectivity index (χ1n) is 6.53. The van der Waals surface area contributed by atoms with Gasteiger partial charge in [0.2, 0.25) is 0 Å². The number of anilines is 1. The number of hydrogen-bond donors (Lipinski definition) is 3. The molecule has 5 heteroatoms. The van der Waals surface area contributed by atoms with Gasteiger partial charge < -0.3 is 20.4 Å². The SMILES string of the molecule is CNCCOc1ccc(C)cc1NC(=O)c1ccc[nH]1. The van der Waals surface area contributed by atoms with Crippen molar-refractivity contribution in [2.45, 2.75) is 6.92 Å². The summed E-state index contributed by atoms with van der Waals surface area (Å²) in [7, 11) is 1.87. The van der Waals surface area contributed by atoms with Gasteiger partial charge in [-0.2, -0.15) is 0 Å². The zero-order chi connectivity index (χ0) is 14.4. The largest absolute Gasteiger partial charge is 0.490 e. The lowest BCUT2D eigenvalue weighted by Gasteiger charge is -2.13. The molecule has 20 heavy (non-hydrogen) atoms. The first kappa shape index (κ1) is 14.1. The number of H-pyrrole nitrogens is 1. The van der Waals surface area contributed by atoms with Gasteiger partial charge in [-0.05, 0) is 43.8 Å². The predicted octanol–water partition coefficient (Wildman–Crippen LogP) is 2.17. The molecule has 0 unspecified atom stereocenters. The Morgan fingerprint density at radius 1 is 1.35 bits per heavy atom. The van der Waals surface area contributed by atoms with Crippen LogP contribution in [-0.4, -0.2) is 31.1 Å². The average molecular weight is 273 g/mol. The highest BCUT2D eigenvalue weighted by Crippen LogP contribution is 2.26. The molecule has 1 amide bonds. The van der Waals surface area contributed by atoms with Crippen LogP contribution >= 0.6 is 0 Å². The fourth-order valence-electron chi connectivity index (χ4n) is 1.79. The summed E-state index contributed by atoms with van der Waals surface area (Å²) in [6, 6.07) is 9.24. The highest BCUT2D eigenvalue weighted by Gasteiger charge is 2.10. The van der Waals surface area contributed by atoms with Crippen molar-refractivity contribution in [1.82, 2.24) is 10.3 Å². The molecule has 0 spiro atoms. The molecule has 1 heterocycles. The van der Waals surface area contributed by atoms with Gasteiger partial charge in [0.15, 0.2) is 0 Å². The van der Waals surface area contributed by atoms with E-state index in [1.54, 1.807) is 18.3 Å². The van der Waals surface area contributed by atoms with E-state index in [0.29, 0.717) is 23.7 Å². The number of carbonyl (C=O) groups is 1. The standard InChI is InChI=1S/C15H19N3O2/c1-11-5-6-14(20-9-8-16-2)13(10-11)18-15(19)12-4-3-7-17-12/h3-7,10,16-17H,8-9H2,1-2H3,(H,18,19). The maximum absolute atomic E-state index is 12.1. The number of benzene rings is 1. The minimum Gasteiger partial charge on any atom is -0.490 e. The number of carbonyl (C=O) groups excluding carboxylic acids is 1. The Balaban J connectivity index is 2.12.